The third kappa shape index (κ3) is 2.18. The van der Waals surface area contributed by atoms with E-state index in [0.29, 0.717) is 6.42 Å². The lowest BCUT2D eigenvalue weighted by atomic mass is 9.83. The first-order chi connectivity index (χ1) is 11.5. The standard InChI is InChI=1S/C20H19NO3/c1-12-8-13(2)18-16(9-12)20(19(23)21-18)11-15(22)10-17(24-20)14-6-4-3-5-7-14/h3-9,17H,10-11H2,1-2H3,(H,21,23)/t17-,20+/m1/s1. The van der Waals surface area contributed by atoms with Crippen molar-refractivity contribution in [2.75, 3.05) is 5.32 Å². The topological polar surface area (TPSA) is 55.4 Å². The smallest absolute Gasteiger partial charge is 0.261 e. The number of hydrogen-bond donors (Lipinski definition) is 1. The maximum atomic E-state index is 12.8. The largest absolute Gasteiger partial charge is 0.351 e. The Balaban J connectivity index is 1.83. The molecule has 4 rings (SSSR count). The quantitative estimate of drug-likeness (QED) is 0.873. The molecular formula is C20H19NO3. The van der Waals surface area contributed by atoms with E-state index in [1.165, 1.54) is 0 Å². The number of aryl methyl sites for hydroxylation is 2. The number of nitrogens with one attached hydrogen (secondary N) is 1. The van der Waals surface area contributed by atoms with Crippen molar-refractivity contribution >= 4 is 17.4 Å². The Kier molecular flexibility index (Phi) is 3.32. The second kappa shape index (κ2) is 5.28. The van der Waals surface area contributed by atoms with E-state index in [1.807, 2.05) is 56.3 Å². The third-order valence-electron chi connectivity index (χ3n) is 4.89. The monoisotopic (exact) mass is 321 g/mol. The van der Waals surface area contributed by atoms with Crippen LogP contribution in [0.3, 0.4) is 0 Å². The molecule has 4 heteroatoms. The molecule has 1 spiro atoms. The Labute approximate surface area is 140 Å². The lowest BCUT2D eigenvalue weighted by molar-refractivity contribution is -0.170. The van der Waals surface area contributed by atoms with Gasteiger partial charge in [0.25, 0.3) is 5.91 Å². The number of fused-ring (bicyclic) bond motifs is 2. The molecule has 0 aliphatic carbocycles. The van der Waals surface area contributed by atoms with Crippen LogP contribution in [-0.2, 0) is 19.9 Å². The molecule has 2 atom stereocenters. The van der Waals surface area contributed by atoms with Gasteiger partial charge in [-0.1, -0.05) is 48.0 Å². The van der Waals surface area contributed by atoms with Crippen molar-refractivity contribution < 1.29 is 14.3 Å². The summed E-state index contributed by atoms with van der Waals surface area (Å²) in [5.74, 6) is -0.183. The Hall–Kier alpha value is -2.46. The molecule has 2 aromatic carbocycles. The predicted octanol–water partition coefficient (Wildman–Crippen LogP) is 3.57. The number of ketones is 1. The summed E-state index contributed by atoms with van der Waals surface area (Å²) in [4.78, 5) is 25.3. The minimum atomic E-state index is -1.21. The summed E-state index contributed by atoms with van der Waals surface area (Å²) in [6.45, 7) is 3.95. The first kappa shape index (κ1) is 15.1. The summed E-state index contributed by atoms with van der Waals surface area (Å²) in [6.07, 6.45) is 0.00186. The highest BCUT2D eigenvalue weighted by Gasteiger charge is 2.54. The molecule has 0 radical (unpaired) electrons. The number of ether oxygens (including phenoxy) is 1. The molecule has 24 heavy (non-hydrogen) atoms. The van der Waals surface area contributed by atoms with E-state index in [0.717, 1.165) is 27.9 Å². The van der Waals surface area contributed by atoms with Gasteiger partial charge in [0.1, 0.15) is 5.78 Å². The van der Waals surface area contributed by atoms with Crippen molar-refractivity contribution in [2.45, 2.75) is 38.4 Å². The minimum absolute atomic E-state index is 0.0530. The Bertz CT molecular complexity index is 843. The molecule has 4 nitrogen and oxygen atoms in total. The zero-order valence-corrected chi connectivity index (χ0v) is 13.8. The maximum absolute atomic E-state index is 12.8. The lowest BCUT2D eigenvalue weighted by Gasteiger charge is -2.36. The van der Waals surface area contributed by atoms with Gasteiger partial charge in [-0.15, -0.1) is 0 Å². The molecule has 0 bridgehead atoms. The van der Waals surface area contributed by atoms with Crippen molar-refractivity contribution in [2.24, 2.45) is 0 Å². The van der Waals surface area contributed by atoms with Crippen LogP contribution in [0.1, 0.15) is 41.2 Å². The van der Waals surface area contributed by atoms with E-state index in [9.17, 15) is 9.59 Å². The van der Waals surface area contributed by atoms with Crippen LogP contribution in [0.5, 0.6) is 0 Å². The SMILES string of the molecule is Cc1cc(C)c2c(c1)[C@@]1(CC(=O)C[C@H](c3ccccc3)O1)C(=O)N2. The van der Waals surface area contributed by atoms with Gasteiger partial charge in [0.2, 0.25) is 0 Å². The molecule has 1 amide bonds. The number of carbonyl (C=O) groups excluding carboxylic acids is 2. The maximum Gasteiger partial charge on any atom is 0.261 e. The molecule has 1 N–H and O–H groups in total. The predicted molar refractivity (Wildman–Crippen MR) is 90.7 cm³/mol. The Morgan fingerprint density at radius 1 is 1.12 bits per heavy atom. The summed E-state index contributed by atoms with van der Waals surface area (Å²) in [7, 11) is 0. The highest BCUT2D eigenvalue weighted by Crippen LogP contribution is 2.49. The first-order valence-corrected chi connectivity index (χ1v) is 8.17. The number of amides is 1. The highest BCUT2D eigenvalue weighted by atomic mass is 16.5. The summed E-state index contributed by atoms with van der Waals surface area (Å²) < 4.78 is 6.31. The number of benzene rings is 2. The van der Waals surface area contributed by atoms with Crippen LogP contribution in [-0.4, -0.2) is 11.7 Å². The van der Waals surface area contributed by atoms with Gasteiger partial charge in [-0.05, 0) is 25.0 Å². The van der Waals surface area contributed by atoms with Crippen LogP contribution in [0.25, 0.3) is 0 Å². The summed E-state index contributed by atoms with van der Waals surface area (Å²) in [5, 5.41) is 2.93. The van der Waals surface area contributed by atoms with Gasteiger partial charge in [-0.25, -0.2) is 0 Å². The number of carbonyl (C=O) groups is 2. The molecule has 2 aromatic rings. The number of anilines is 1. The third-order valence-corrected chi connectivity index (χ3v) is 4.89. The van der Waals surface area contributed by atoms with Gasteiger partial charge in [-0.3, -0.25) is 9.59 Å². The fourth-order valence-electron chi connectivity index (χ4n) is 3.82. The van der Waals surface area contributed by atoms with E-state index in [2.05, 4.69) is 5.32 Å². The molecule has 1 saturated heterocycles. The van der Waals surface area contributed by atoms with Crippen LogP contribution in [0.2, 0.25) is 0 Å². The van der Waals surface area contributed by atoms with Gasteiger partial charge in [-0.2, -0.15) is 0 Å². The van der Waals surface area contributed by atoms with Crippen LogP contribution < -0.4 is 5.32 Å². The van der Waals surface area contributed by atoms with E-state index in [1.54, 1.807) is 0 Å². The molecule has 1 fully saturated rings. The van der Waals surface area contributed by atoms with Crippen molar-refractivity contribution in [3.05, 3.63) is 64.7 Å². The highest BCUT2D eigenvalue weighted by molar-refractivity contribution is 6.08. The zero-order valence-electron chi connectivity index (χ0n) is 13.8. The fraction of sp³-hybridized carbons (Fsp3) is 0.300. The minimum Gasteiger partial charge on any atom is -0.351 e. The van der Waals surface area contributed by atoms with Gasteiger partial charge in [0, 0.05) is 18.4 Å². The fourth-order valence-corrected chi connectivity index (χ4v) is 3.82. The van der Waals surface area contributed by atoms with Crippen LogP contribution in [0.15, 0.2) is 42.5 Å². The summed E-state index contributed by atoms with van der Waals surface area (Å²) >= 11 is 0. The molecule has 2 aliphatic rings. The van der Waals surface area contributed by atoms with Crippen LogP contribution in [0, 0.1) is 13.8 Å². The number of Topliss-reactive ketones (excluding diaryl/α,β-unsaturated/α-hetero) is 1. The van der Waals surface area contributed by atoms with E-state index < -0.39 is 11.7 Å². The molecular weight excluding hydrogens is 302 g/mol. The molecule has 2 aliphatic heterocycles. The Morgan fingerprint density at radius 2 is 1.88 bits per heavy atom. The first-order valence-electron chi connectivity index (χ1n) is 8.17. The van der Waals surface area contributed by atoms with E-state index in [4.69, 9.17) is 4.74 Å². The molecule has 2 heterocycles. The summed E-state index contributed by atoms with van der Waals surface area (Å²) in [5.41, 5.74) is 3.34. The second-order valence-electron chi connectivity index (χ2n) is 6.72. The van der Waals surface area contributed by atoms with Gasteiger partial charge in [0.15, 0.2) is 5.60 Å². The van der Waals surface area contributed by atoms with E-state index in [-0.39, 0.29) is 18.1 Å². The number of rotatable bonds is 1. The van der Waals surface area contributed by atoms with Crippen molar-refractivity contribution in [3.8, 4) is 0 Å². The second-order valence-corrected chi connectivity index (χ2v) is 6.72. The number of hydrogen-bond acceptors (Lipinski definition) is 3. The zero-order chi connectivity index (χ0) is 16.9. The molecule has 0 aromatic heterocycles. The summed E-state index contributed by atoms with van der Waals surface area (Å²) in [6, 6.07) is 13.6. The van der Waals surface area contributed by atoms with E-state index >= 15 is 0 Å². The molecule has 0 saturated carbocycles. The van der Waals surface area contributed by atoms with Crippen LogP contribution in [0.4, 0.5) is 5.69 Å². The molecule has 122 valence electrons. The average Bonchev–Trinajstić information content (AvgIpc) is 2.81. The van der Waals surface area contributed by atoms with Gasteiger partial charge >= 0.3 is 0 Å². The average molecular weight is 321 g/mol. The van der Waals surface area contributed by atoms with Gasteiger partial charge in [0.05, 0.1) is 11.8 Å². The van der Waals surface area contributed by atoms with Crippen molar-refractivity contribution in [1.82, 2.24) is 0 Å². The lowest BCUT2D eigenvalue weighted by Crippen LogP contribution is -2.44. The molecule has 0 unspecified atom stereocenters. The Morgan fingerprint density at radius 3 is 2.62 bits per heavy atom. The van der Waals surface area contributed by atoms with Crippen molar-refractivity contribution in [1.29, 1.82) is 0 Å². The normalized spacial score (nSPS) is 25.7. The van der Waals surface area contributed by atoms with Gasteiger partial charge < -0.3 is 10.1 Å². The van der Waals surface area contributed by atoms with Crippen LogP contribution >= 0.6 is 0 Å². The van der Waals surface area contributed by atoms with Crippen molar-refractivity contribution in [3.63, 3.8) is 0 Å².